The topological polar surface area (TPSA) is 61.4 Å². The van der Waals surface area contributed by atoms with E-state index in [1.54, 1.807) is 0 Å². The van der Waals surface area contributed by atoms with E-state index < -0.39 is 0 Å². The molecule has 0 saturated heterocycles. The van der Waals surface area contributed by atoms with Crippen LogP contribution in [0, 0.1) is 5.92 Å². The highest BCUT2D eigenvalue weighted by atomic mass is 16.3. The van der Waals surface area contributed by atoms with Gasteiger partial charge >= 0.3 is 0 Å². The van der Waals surface area contributed by atoms with Gasteiger partial charge in [0.15, 0.2) is 0 Å². The molecule has 1 amide bonds. The molecule has 0 aromatic carbocycles. The van der Waals surface area contributed by atoms with Crippen molar-refractivity contribution in [1.82, 2.24) is 10.6 Å². The summed E-state index contributed by atoms with van der Waals surface area (Å²) in [5.41, 5.74) is -0.378. The van der Waals surface area contributed by atoms with Crippen molar-refractivity contribution in [1.29, 1.82) is 0 Å². The fraction of sp³-hybridized carbons (Fsp3) is 0.900. The van der Waals surface area contributed by atoms with Crippen molar-refractivity contribution < 1.29 is 9.90 Å². The summed E-state index contributed by atoms with van der Waals surface area (Å²) in [5.74, 6) is 0.725. The smallest absolute Gasteiger partial charge is 0.233 e. The minimum Gasteiger partial charge on any atom is -0.394 e. The molecule has 4 heteroatoms. The normalized spacial score (nSPS) is 16.8. The van der Waals surface area contributed by atoms with Gasteiger partial charge in [0.25, 0.3) is 0 Å². The van der Waals surface area contributed by atoms with Crippen LogP contribution < -0.4 is 10.6 Å². The highest BCUT2D eigenvalue weighted by Crippen LogP contribution is 2.27. The molecule has 82 valence electrons. The number of hydrogen-bond donors (Lipinski definition) is 3. The van der Waals surface area contributed by atoms with Gasteiger partial charge in [0, 0.05) is 12.1 Å². The van der Waals surface area contributed by atoms with Gasteiger partial charge in [-0.15, -0.1) is 0 Å². The molecule has 14 heavy (non-hydrogen) atoms. The molecule has 1 fully saturated rings. The van der Waals surface area contributed by atoms with Gasteiger partial charge in [-0.2, -0.15) is 0 Å². The molecule has 0 aliphatic heterocycles. The van der Waals surface area contributed by atoms with Gasteiger partial charge in [-0.3, -0.25) is 4.79 Å². The van der Waals surface area contributed by atoms with Gasteiger partial charge in [0.2, 0.25) is 5.91 Å². The van der Waals surface area contributed by atoms with Gasteiger partial charge < -0.3 is 15.7 Å². The molecule has 1 rings (SSSR count). The second-order valence-electron chi connectivity index (χ2n) is 4.64. The molecule has 4 nitrogen and oxygen atoms in total. The van der Waals surface area contributed by atoms with E-state index in [2.05, 4.69) is 10.6 Å². The van der Waals surface area contributed by atoms with Crippen LogP contribution in [-0.2, 0) is 4.79 Å². The Hall–Kier alpha value is -0.610. The van der Waals surface area contributed by atoms with Gasteiger partial charge in [-0.1, -0.05) is 0 Å². The lowest BCUT2D eigenvalue weighted by Gasteiger charge is -2.23. The molecule has 0 heterocycles. The molecule has 1 aliphatic rings. The summed E-state index contributed by atoms with van der Waals surface area (Å²) >= 11 is 0. The Morgan fingerprint density at radius 3 is 2.64 bits per heavy atom. The van der Waals surface area contributed by atoms with Crippen molar-refractivity contribution in [3.05, 3.63) is 0 Å². The van der Waals surface area contributed by atoms with E-state index >= 15 is 0 Å². The van der Waals surface area contributed by atoms with E-state index in [9.17, 15) is 4.79 Å². The average Bonchev–Trinajstić information content (AvgIpc) is 2.95. The summed E-state index contributed by atoms with van der Waals surface area (Å²) in [6.07, 6.45) is 2.49. The maximum Gasteiger partial charge on any atom is 0.233 e. The number of aliphatic hydroxyl groups is 1. The van der Waals surface area contributed by atoms with Crippen molar-refractivity contribution >= 4 is 5.91 Å². The molecule has 1 aliphatic carbocycles. The molecule has 0 aromatic heterocycles. The molecule has 0 aromatic rings. The molecular weight excluding hydrogens is 180 g/mol. The Bertz CT molecular complexity index is 200. The van der Waals surface area contributed by atoms with Crippen LogP contribution in [0.5, 0.6) is 0 Å². The van der Waals surface area contributed by atoms with Crippen molar-refractivity contribution in [2.45, 2.75) is 32.2 Å². The first kappa shape index (κ1) is 11.5. The van der Waals surface area contributed by atoms with E-state index in [-0.39, 0.29) is 24.6 Å². The fourth-order valence-electron chi connectivity index (χ4n) is 1.02. The summed E-state index contributed by atoms with van der Waals surface area (Å²) in [5, 5.41) is 14.8. The van der Waals surface area contributed by atoms with Crippen LogP contribution in [0.15, 0.2) is 0 Å². The van der Waals surface area contributed by atoms with Gasteiger partial charge in [-0.25, -0.2) is 0 Å². The Kier molecular flexibility index (Phi) is 3.89. The number of carbonyl (C=O) groups is 1. The predicted octanol–water partition coefficient (Wildman–Crippen LogP) is -0.127. The summed E-state index contributed by atoms with van der Waals surface area (Å²) in [6, 6.07) is 0. The van der Waals surface area contributed by atoms with Crippen LogP contribution in [0.2, 0.25) is 0 Å². The van der Waals surface area contributed by atoms with E-state index in [1.165, 1.54) is 12.8 Å². The summed E-state index contributed by atoms with van der Waals surface area (Å²) < 4.78 is 0. The zero-order valence-corrected chi connectivity index (χ0v) is 8.97. The van der Waals surface area contributed by atoms with Crippen molar-refractivity contribution in [2.75, 3.05) is 19.7 Å². The molecule has 0 unspecified atom stereocenters. The van der Waals surface area contributed by atoms with E-state index in [0.29, 0.717) is 5.92 Å². The van der Waals surface area contributed by atoms with Crippen LogP contribution in [0.1, 0.15) is 26.7 Å². The SMILES string of the molecule is CC(C)(CO)NCC(=O)NCC1CC1. The Morgan fingerprint density at radius 1 is 1.50 bits per heavy atom. The van der Waals surface area contributed by atoms with E-state index in [4.69, 9.17) is 5.11 Å². The molecule has 1 saturated carbocycles. The number of rotatable bonds is 6. The summed E-state index contributed by atoms with van der Waals surface area (Å²) in [7, 11) is 0. The zero-order valence-electron chi connectivity index (χ0n) is 8.97. The summed E-state index contributed by atoms with van der Waals surface area (Å²) in [6.45, 7) is 4.84. The average molecular weight is 200 g/mol. The molecule has 0 spiro atoms. The Labute approximate surface area is 85.1 Å². The van der Waals surface area contributed by atoms with E-state index in [0.717, 1.165) is 6.54 Å². The Balaban J connectivity index is 2.07. The molecular formula is C10H20N2O2. The van der Waals surface area contributed by atoms with Crippen molar-refractivity contribution in [3.8, 4) is 0 Å². The third-order valence-electron chi connectivity index (χ3n) is 2.41. The number of hydrogen-bond acceptors (Lipinski definition) is 3. The largest absolute Gasteiger partial charge is 0.394 e. The number of carbonyl (C=O) groups excluding carboxylic acids is 1. The van der Waals surface area contributed by atoms with Gasteiger partial charge in [-0.05, 0) is 32.6 Å². The lowest BCUT2D eigenvalue weighted by atomic mass is 10.1. The number of aliphatic hydroxyl groups excluding tert-OH is 1. The van der Waals surface area contributed by atoms with Crippen LogP contribution >= 0.6 is 0 Å². The highest BCUT2D eigenvalue weighted by Gasteiger charge is 2.22. The lowest BCUT2D eigenvalue weighted by Crippen LogP contribution is -2.47. The highest BCUT2D eigenvalue weighted by molar-refractivity contribution is 5.78. The zero-order chi connectivity index (χ0) is 10.6. The lowest BCUT2D eigenvalue weighted by molar-refractivity contribution is -0.120. The molecule has 3 N–H and O–H groups in total. The predicted molar refractivity (Wildman–Crippen MR) is 54.9 cm³/mol. The van der Waals surface area contributed by atoms with Crippen LogP contribution in [-0.4, -0.2) is 36.2 Å². The van der Waals surface area contributed by atoms with Crippen LogP contribution in [0.3, 0.4) is 0 Å². The number of nitrogens with one attached hydrogen (secondary N) is 2. The first-order valence-corrected chi connectivity index (χ1v) is 5.16. The summed E-state index contributed by atoms with van der Waals surface area (Å²) in [4.78, 5) is 11.3. The first-order chi connectivity index (χ1) is 6.53. The quantitative estimate of drug-likeness (QED) is 0.560. The van der Waals surface area contributed by atoms with Crippen molar-refractivity contribution in [3.63, 3.8) is 0 Å². The van der Waals surface area contributed by atoms with Gasteiger partial charge in [0.1, 0.15) is 0 Å². The molecule has 0 atom stereocenters. The molecule has 0 radical (unpaired) electrons. The third-order valence-corrected chi connectivity index (χ3v) is 2.41. The van der Waals surface area contributed by atoms with Crippen LogP contribution in [0.25, 0.3) is 0 Å². The number of amides is 1. The maximum absolute atomic E-state index is 11.3. The molecule has 0 bridgehead atoms. The van der Waals surface area contributed by atoms with Crippen molar-refractivity contribution in [2.24, 2.45) is 5.92 Å². The van der Waals surface area contributed by atoms with Crippen LogP contribution in [0.4, 0.5) is 0 Å². The third kappa shape index (κ3) is 4.58. The maximum atomic E-state index is 11.3. The monoisotopic (exact) mass is 200 g/mol. The van der Waals surface area contributed by atoms with E-state index in [1.807, 2.05) is 13.8 Å². The minimum atomic E-state index is -0.378. The second kappa shape index (κ2) is 4.75. The Morgan fingerprint density at radius 2 is 2.14 bits per heavy atom. The standard InChI is InChI=1S/C10H20N2O2/c1-10(2,7-13)12-6-9(14)11-5-8-3-4-8/h8,12-13H,3-7H2,1-2H3,(H,11,14). The second-order valence-corrected chi connectivity index (χ2v) is 4.64. The fourth-order valence-corrected chi connectivity index (χ4v) is 1.02. The minimum absolute atomic E-state index is 0.0124. The van der Waals surface area contributed by atoms with Gasteiger partial charge in [0.05, 0.1) is 13.2 Å². The first-order valence-electron chi connectivity index (χ1n) is 5.16.